The smallest absolute Gasteiger partial charge is 0.333 e. The zero-order chi connectivity index (χ0) is 22.0. The van der Waals surface area contributed by atoms with E-state index in [1.54, 1.807) is 6.92 Å². The van der Waals surface area contributed by atoms with Gasteiger partial charge in [-0.1, -0.05) is 90.6 Å². The number of carbonyl (C=O) groups excluding carboxylic acids is 1. The van der Waals surface area contributed by atoms with Crippen molar-refractivity contribution in [3.05, 3.63) is 12.2 Å². The maximum atomic E-state index is 11.4. The van der Waals surface area contributed by atoms with E-state index in [2.05, 4.69) is 27.6 Å². The molecule has 0 aromatic rings. The van der Waals surface area contributed by atoms with Crippen LogP contribution in [-0.2, 0) is 9.53 Å². The van der Waals surface area contributed by atoms with Crippen LogP contribution in [0.2, 0.25) is 0 Å². The molecule has 1 unspecified atom stereocenters. The van der Waals surface area contributed by atoms with E-state index in [4.69, 9.17) is 4.74 Å². The molecule has 0 bridgehead atoms. The topological polar surface area (TPSA) is 46.5 Å². The summed E-state index contributed by atoms with van der Waals surface area (Å²) in [6, 6.07) is 0. The molecule has 0 spiro atoms. The van der Waals surface area contributed by atoms with E-state index in [9.17, 15) is 9.90 Å². The molecule has 0 amide bonds. The largest absolute Gasteiger partial charge is 1.00 e. The molecule has 0 heterocycles. The molecule has 0 aliphatic carbocycles. The van der Waals surface area contributed by atoms with Gasteiger partial charge in [0.25, 0.3) is 0 Å². The van der Waals surface area contributed by atoms with Gasteiger partial charge in [0.2, 0.25) is 0 Å². The van der Waals surface area contributed by atoms with Crippen molar-refractivity contribution in [2.75, 3.05) is 33.8 Å². The average Bonchev–Trinajstić information content (AvgIpc) is 2.65. The molecule has 0 aliphatic rings. The summed E-state index contributed by atoms with van der Waals surface area (Å²) in [5, 5.41) is 10.1. The molecule has 1 atom stereocenters. The third-order valence-corrected chi connectivity index (χ3v) is 5.58. The van der Waals surface area contributed by atoms with Crippen molar-refractivity contribution in [2.24, 2.45) is 0 Å². The highest BCUT2D eigenvalue weighted by molar-refractivity contribution is 5.86. The number of carbonyl (C=O) groups is 1. The fraction of sp³-hybridized carbons (Fsp3) is 0.880. The van der Waals surface area contributed by atoms with Crippen LogP contribution in [0.1, 0.15) is 104 Å². The summed E-state index contributed by atoms with van der Waals surface area (Å²) in [4.78, 5) is 11.4. The van der Waals surface area contributed by atoms with E-state index in [0.717, 1.165) is 11.0 Å². The number of hydrogen-bond acceptors (Lipinski definition) is 3. The van der Waals surface area contributed by atoms with Crippen molar-refractivity contribution < 1.29 is 31.5 Å². The summed E-state index contributed by atoms with van der Waals surface area (Å²) in [5.41, 5.74) is 0.369. The zero-order valence-corrected chi connectivity index (χ0v) is 21.2. The van der Waals surface area contributed by atoms with Crippen LogP contribution in [0.3, 0.4) is 0 Å². The molecule has 4 nitrogen and oxygen atoms in total. The number of likely N-dealkylation sites (N-methyl/N-ethyl adjacent to an activating group) is 1. The number of halogens is 1. The molecule has 0 aromatic heterocycles. The van der Waals surface area contributed by atoms with Crippen molar-refractivity contribution in [3.8, 4) is 0 Å². The van der Waals surface area contributed by atoms with Gasteiger partial charge in [-0.15, -0.1) is 0 Å². The fourth-order valence-electron chi connectivity index (χ4n) is 3.74. The van der Waals surface area contributed by atoms with Crippen molar-refractivity contribution in [3.63, 3.8) is 0 Å². The van der Waals surface area contributed by atoms with E-state index in [-0.39, 0.29) is 19.0 Å². The van der Waals surface area contributed by atoms with Crippen LogP contribution in [0.25, 0.3) is 0 Å². The summed E-state index contributed by atoms with van der Waals surface area (Å²) in [5.74, 6) is -0.429. The molecule has 1 N–H and O–H groups in total. The minimum atomic E-state index is -0.625. The van der Waals surface area contributed by atoms with Crippen LogP contribution >= 0.6 is 0 Å². The van der Waals surface area contributed by atoms with Gasteiger partial charge in [-0.05, 0) is 19.8 Å². The standard InChI is InChI=1S/C25H50NO3.ClH/c1-6-7-8-9-10-11-12-13-14-15-16-17-18-19-20-26(4,5)21-24(27)22-29-25(28)23(2)3;/h24,27H,2,6-22H2,1,3-5H3;1H/q+1;/p-1. The monoisotopic (exact) mass is 447 g/mol. The zero-order valence-electron chi connectivity index (χ0n) is 20.4. The Labute approximate surface area is 193 Å². The number of esters is 1. The van der Waals surface area contributed by atoms with Gasteiger partial charge in [0.15, 0.2) is 0 Å². The number of rotatable bonds is 20. The van der Waals surface area contributed by atoms with Crippen molar-refractivity contribution >= 4 is 5.97 Å². The fourth-order valence-corrected chi connectivity index (χ4v) is 3.74. The Morgan fingerprint density at radius 1 is 0.867 bits per heavy atom. The maximum Gasteiger partial charge on any atom is 0.333 e. The SMILES string of the molecule is C=C(C)C(=O)OCC(O)C[N+](C)(C)CCCCCCCCCCCCCCCC.[Cl-]. The Morgan fingerprint density at radius 3 is 1.67 bits per heavy atom. The number of aliphatic hydroxyl groups excluding tert-OH is 1. The summed E-state index contributed by atoms with van der Waals surface area (Å²) in [6.45, 7) is 9.13. The van der Waals surface area contributed by atoms with Crippen molar-refractivity contribution in [2.45, 2.75) is 110 Å². The maximum absolute atomic E-state index is 11.4. The van der Waals surface area contributed by atoms with E-state index in [1.807, 2.05) is 0 Å². The lowest BCUT2D eigenvalue weighted by atomic mass is 10.0. The summed E-state index contributed by atoms with van der Waals surface area (Å²) < 4.78 is 5.79. The van der Waals surface area contributed by atoms with Gasteiger partial charge in [-0.3, -0.25) is 0 Å². The van der Waals surface area contributed by atoms with E-state index < -0.39 is 12.1 Å². The second-order valence-electron chi connectivity index (χ2n) is 9.47. The van der Waals surface area contributed by atoms with Gasteiger partial charge in [0.05, 0.1) is 20.6 Å². The minimum absolute atomic E-state index is 0. The van der Waals surface area contributed by atoms with Crippen LogP contribution in [0, 0.1) is 0 Å². The lowest BCUT2D eigenvalue weighted by Gasteiger charge is -2.31. The highest BCUT2D eigenvalue weighted by Gasteiger charge is 2.21. The first kappa shape index (κ1) is 31.6. The lowest BCUT2D eigenvalue weighted by molar-refractivity contribution is -0.893. The highest BCUT2D eigenvalue weighted by Crippen LogP contribution is 2.13. The van der Waals surface area contributed by atoms with Gasteiger partial charge in [-0.2, -0.15) is 0 Å². The first-order valence-electron chi connectivity index (χ1n) is 12.1. The van der Waals surface area contributed by atoms with Gasteiger partial charge in [0.1, 0.15) is 19.3 Å². The lowest BCUT2D eigenvalue weighted by Crippen LogP contribution is -3.00. The third-order valence-electron chi connectivity index (χ3n) is 5.58. The van der Waals surface area contributed by atoms with Gasteiger partial charge in [0, 0.05) is 5.57 Å². The Hall–Kier alpha value is -0.580. The molecular weight excluding hydrogens is 398 g/mol. The van der Waals surface area contributed by atoms with E-state index >= 15 is 0 Å². The van der Waals surface area contributed by atoms with Gasteiger partial charge < -0.3 is 26.7 Å². The highest BCUT2D eigenvalue weighted by atomic mass is 35.5. The molecule has 0 fully saturated rings. The third kappa shape index (κ3) is 20.7. The van der Waals surface area contributed by atoms with E-state index in [1.165, 1.54) is 89.9 Å². The van der Waals surface area contributed by atoms with Crippen LogP contribution in [0.5, 0.6) is 0 Å². The predicted molar refractivity (Wildman–Crippen MR) is 124 cm³/mol. The molecule has 180 valence electrons. The van der Waals surface area contributed by atoms with Crippen molar-refractivity contribution in [1.82, 2.24) is 0 Å². The molecule has 0 aromatic carbocycles. The second kappa shape index (κ2) is 20.3. The summed E-state index contributed by atoms with van der Waals surface area (Å²) in [6.07, 6.45) is 18.5. The number of nitrogens with zero attached hydrogens (tertiary/aromatic N) is 1. The summed E-state index contributed by atoms with van der Waals surface area (Å²) in [7, 11) is 4.26. The molecule has 0 aliphatic heterocycles. The van der Waals surface area contributed by atoms with Crippen LogP contribution in [0.15, 0.2) is 12.2 Å². The molecule has 0 rings (SSSR count). The van der Waals surface area contributed by atoms with Gasteiger partial charge in [-0.25, -0.2) is 4.79 Å². The van der Waals surface area contributed by atoms with Crippen molar-refractivity contribution in [1.29, 1.82) is 0 Å². The van der Waals surface area contributed by atoms with E-state index in [0.29, 0.717) is 12.1 Å². The molecule has 0 saturated carbocycles. The molecular formula is C25H50ClNO3. The Morgan fingerprint density at radius 2 is 1.27 bits per heavy atom. The minimum Gasteiger partial charge on any atom is -1.00 e. The molecule has 30 heavy (non-hydrogen) atoms. The predicted octanol–water partition coefficient (Wildman–Crippen LogP) is 3.03. The van der Waals surface area contributed by atoms with Crippen LogP contribution in [-0.4, -0.2) is 55.5 Å². The van der Waals surface area contributed by atoms with Crippen LogP contribution in [0.4, 0.5) is 0 Å². The normalized spacial score (nSPS) is 12.3. The molecule has 5 heteroatoms. The number of aliphatic hydroxyl groups is 1. The Kier molecular flexibility index (Phi) is 21.4. The Bertz CT molecular complexity index is 427. The average molecular weight is 448 g/mol. The number of hydrogen-bond donors (Lipinski definition) is 1. The first-order valence-corrected chi connectivity index (χ1v) is 12.1. The molecule has 0 radical (unpaired) electrons. The van der Waals surface area contributed by atoms with Crippen LogP contribution < -0.4 is 12.4 Å². The number of unbranched alkanes of at least 4 members (excludes halogenated alkanes) is 13. The number of ether oxygens (including phenoxy) is 1. The second-order valence-corrected chi connectivity index (χ2v) is 9.47. The summed E-state index contributed by atoms with van der Waals surface area (Å²) >= 11 is 0. The van der Waals surface area contributed by atoms with Gasteiger partial charge >= 0.3 is 5.97 Å². The first-order chi connectivity index (χ1) is 13.8. The molecule has 0 saturated heterocycles. The Balaban J connectivity index is 0. The quantitative estimate of drug-likeness (QED) is 0.135. The number of quaternary nitrogens is 1.